The van der Waals surface area contributed by atoms with Crippen molar-refractivity contribution in [2.45, 2.75) is 31.8 Å². The van der Waals surface area contributed by atoms with E-state index < -0.39 is 64.8 Å². The van der Waals surface area contributed by atoms with E-state index in [2.05, 4.69) is 0 Å². The van der Waals surface area contributed by atoms with Crippen LogP contribution in [0.4, 0.5) is 0 Å². The molecule has 20 heteroatoms. The highest BCUT2D eigenvalue weighted by Gasteiger charge is 2.28. The minimum Gasteiger partial charge on any atom is -0.394 e. The van der Waals surface area contributed by atoms with Gasteiger partial charge in [0.25, 0.3) is 39.4 Å². The van der Waals surface area contributed by atoms with Gasteiger partial charge in [0.2, 0.25) is 0 Å². The highest BCUT2D eigenvalue weighted by molar-refractivity contribution is 8.13. The highest BCUT2D eigenvalue weighted by Crippen LogP contribution is 2.19. The van der Waals surface area contributed by atoms with E-state index in [-0.39, 0.29) is 38.9 Å². The zero-order valence-electron chi connectivity index (χ0n) is 29.5. The molecule has 5 rings (SSSR count). The molecule has 0 fully saturated rings. The lowest BCUT2D eigenvalue weighted by Crippen LogP contribution is -2.31. The van der Waals surface area contributed by atoms with Crippen molar-refractivity contribution < 1.29 is 61.5 Å². The van der Waals surface area contributed by atoms with E-state index in [1.807, 2.05) is 36.4 Å². The van der Waals surface area contributed by atoms with Gasteiger partial charge in [-0.05, 0) is 48.5 Å². The average Bonchev–Trinajstić information content (AvgIpc) is 3.21. The van der Waals surface area contributed by atoms with Gasteiger partial charge in [-0.25, -0.2) is 8.42 Å². The minimum absolute atomic E-state index is 0. The van der Waals surface area contributed by atoms with Crippen LogP contribution in [-0.4, -0.2) is 87.6 Å². The third kappa shape index (κ3) is 19.2. The highest BCUT2D eigenvalue weighted by atomic mass is 35.7. The Morgan fingerprint density at radius 1 is 0.446 bits per heavy atom. The maximum Gasteiger partial charge on any atom is 0.297 e. The van der Waals surface area contributed by atoms with Crippen molar-refractivity contribution in [3.05, 3.63) is 158 Å². The summed E-state index contributed by atoms with van der Waals surface area (Å²) in [5.74, 6) is 0. The SMILES string of the molecule is N.O=S(=O)(Cl)c1ccccc1.O=S(=O)(OCC(COS(=O)(=O)c1ccccc1)OS(=O)(=O)c1ccccc1)c1ccccc1.OCC(O)CO.c1ccccc1. The zero-order valence-corrected chi connectivity index (χ0v) is 33.6. The van der Waals surface area contributed by atoms with E-state index in [0.29, 0.717) is 0 Å². The molecule has 0 bridgehead atoms. The maximum absolute atomic E-state index is 12.6. The first-order valence-electron chi connectivity index (χ1n) is 15.8. The van der Waals surface area contributed by atoms with Gasteiger partial charge in [0.15, 0.2) is 0 Å². The van der Waals surface area contributed by atoms with E-state index in [9.17, 15) is 33.7 Å². The third-order valence-electron chi connectivity index (χ3n) is 6.29. The monoisotopic (exact) mass is 875 g/mol. The van der Waals surface area contributed by atoms with Gasteiger partial charge in [-0.1, -0.05) is 109 Å². The molecule has 0 amide bonds. The summed E-state index contributed by atoms with van der Waals surface area (Å²) in [7, 11) is -11.4. The third-order valence-corrected chi connectivity index (χ3v) is 11.6. The van der Waals surface area contributed by atoms with Crippen molar-refractivity contribution in [2.24, 2.45) is 0 Å². The fourth-order valence-corrected chi connectivity index (χ4v) is 7.37. The fourth-order valence-electron chi connectivity index (χ4n) is 3.59. The molecule has 0 heterocycles. The van der Waals surface area contributed by atoms with Gasteiger partial charge in [-0.3, -0.25) is 12.5 Å². The summed E-state index contributed by atoms with van der Waals surface area (Å²) < 4.78 is 111. The second-order valence-corrected chi connectivity index (χ2v) is 17.9. The van der Waals surface area contributed by atoms with E-state index >= 15 is 0 Å². The Labute approximate surface area is 332 Å². The molecule has 5 aromatic carbocycles. The molecule has 0 saturated carbocycles. The Morgan fingerprint density at radius 3 is 0.929 bits per heavy atom. The second-order valence-electron chi connectivity index (χ2n) is 10.5. The lowest BCUT2D eigenvalue weighted by atomic mass is 10.4. The fraction of sp³-hybridized carbons (Fsp3) is 0.167. The van der Waals surface area contributed by atoms with Gasteiger partial charge in [-0.2, -0.15) is 25.3 Å². The van der Waals surface area contributed by atoms with Crippen LogP contribution in [0.1, 0.15) is 0 Å². The first-order valence-corrected chi connectivity index (χ1v) is 22.3. The molecular weight excluding hydrogens is 834 g/mol. The molecule has 6 N–H and O–H groups in total. The molecule has 0 saturated heterocycles. The van der Waals surface area contributed by atoms with Gasteiger partial charge >= 0.3 is 0 Å². The largest absolute Gasteiger partial charge is 0.394 e. The van der Waals surface area contributed by atoms with Gasteiger partial charge in [0.05, 0.1) is 46.0 Å². The number of halogens is 1. The van der Waals surface area contributed by atoms with Crippen molar-refractivity contribution in [1.82, 2.24) is 6.15 Å². The van der Waals surface area contributed by atoms with E-state index in [1.54, 1.807) is 36.4 Å². The Bertz CT molecular complexity index is 2140. The molecule has 0 aliphatic carbocycles. The van der Waals surface area contributed by atoms with Crippen molar-refractivity contribution >= 4 is 50.1 Å². The Balaban J connectivity index is 0.000000549. The molecule has 0 spiro atoms. The Morgan fingerprint density at radius 2 is 0.696 bits per heavy atom. The number of aliphatic hydroxyl groups is 3. The van der Waals surface area contributed by atoms with Gasteiger partial charge in [0.1, 0.15) is 12.2 Å². The van der Waals surface area contributed by atoms with Crippen LogP contribution in [-0.2, 0) is 52.0 Å². The molecule has 0 aliphatic rings. The number of aliphatic hydroxyl groups excluding tert-OH is 3. The van der Waals surface area contributed by atoms with E-state index in [4.69, 9.17) is 38.6 Å². The van der Waals surface area contributed by atoms with Crippen molar-refractivity contribution in [3.63, 3.8) is 0 Å². The molecule has 5 aromatic rings. The lowest BCUT2D eigenvalue weighted by Gasteiger charge is -2.18. The normalized spacial score (nSPS) is 11.4. The molecule has 15 nitrogen and oxygen atoms in total. The molecule has 0 unspecified atom stereocenters. The molecule has 0 aromatic heterocycles. The summed E-state index contributed by atoms with van der Waals surface area (Å²) in [5.41, 5.74) is 0. The topological polar surface area (TPSA) is 260 Å². The van der Waals surface area contributed by atoms with Gasteiger partial charge in [-0.15, -0.1) is 0 Å². The summed E-state index contributed by atoms with van der Waals surface area (Å²) in [5, 5.41) is 24.0. The summed E-state index contributed by atoms with van der Waals surface area (Å²) >= 11 is 0. The van der Waals surface area contributed by atoms with Gasteiger partial charge < -0.3 is 21.5 Å². The Hall–Kier alpha value is -4.09. The quantitative estimate of drug-likeness (QED) is 0.0892. The summed E-state index contributed by atoms with van der Waals surface area (Å²) in [6.07, 6.45) is -2.54. The van der Waals surface area contributed by atoms with Crippen LogP contribution >= 0.6 is 10.7 Å². The van der Waals surface area contributed by atoms with Crippen molar-refractivity contribution in [2.75, 3.05) is 26.4 Å². The van der Waals surface area contributed by atoms with Crippen LogP contribution in [0.5, 0.6) is 0 Å². The molecule has 306 valence electrons. The molecule has 56 heavy (non-hydrogen) atoms. The first-order chi connectivity index (χ1) is 26.0. The number of hydrogen-bond donors (Lipinski definition) is 4. The average molecular weight is 876 g/mol. The Kier molecular flexibility index (Phi) is 22.5. The molecule has 0 radical (unpaired) electrons. The smallest absolute Gasteiger partial charge is 0.297 e. The van der Waals surface area contributed by atoms with Crippen LogP contribution in [0.2, 0.25) is 0 Å². The minimum atomic E-state index is -4.37. The lowest BCUT2D eigenvalue weighted by molar-refractivity contribution is 0.0450. The predicted octanol–water partition coefficient (Wildman–Crippen LogP) is 4.37. The van der Waals surface area contributed by atoms with Gasteiger partial charge in [0, 0.05) is 10.7 Å². The van der Waals surface area contributed by atoms with E-state index in [0.717, 1.165) is 0 Å². The summed E-state index contributed by atoms with van der Waals surface area (Å²) in [6, 6.07) is 41.3. The number of hydrogen-bond acceptors (Lipinski definition) is 15. The maximum atomic E-state index is 12.6. The molecule has 0 atom stereocenters. The summed E-state index contributed by atoms with van der Waals surface area (Å²) in [4.78, 5) is -0.386. The van der Waals surface area contributed by atoms with Crippen LogP contribution in [0.3, 0.4) is 0 Å². The standard InChI is InChI=1S/C21H20O9S3.C6H5ClO2S.C6H6.C3H8O3.H3N/c22-31(23,19-10-4-1-5-11-19)28-16-18(30-33(26,27)21-14-8-3-9-15-21)17-29-32(24,25)20-12-6-2-7-13-20;7-10(8,9)6-4-2-1-3-5-6;1-2-4-6-5-3-1;4-1-3(6)2-5;/h1-15,18H,16-17H2;1-5H;1-6H;3-6H,1-2H2;1H3. The van der Waals surface area contributed by atoms with Crippen molar-refractivity contribution in [1.29, 1.82) is 0 Å². The molecule has 0 aliphatic heterocycles. The second kappa shape index (κ2) is 25.2. The first kappa shape index (κ1) is 49.9. The summed E-state index contributed by atoms with van der Waals surface area (Å²) in [6.45, 7) is -2.35. The van der Waals surface area contributed by atoms with Crippen LogP contribution in [0, 0.1) is 0 Å². The van der Waals surface area contributed by atoms with Crippen LogP contribution in [0.15, 0.2) is 177 Å². The zero-order chi connectivity index (χ0) is 40.8. The van der Waals surface area contributed by atoms with E-state index in [1.165, 1.54) is 84.9 Å². The van der Waals surface area contributed by atoms with Crippen LogP contribution < -0.4 is 6.15 Å². The van der Waals surface area contributed by atoms with Crippen molar-refractivity contribution in [3.8, 4) is 0 Å². The predicted molar refractivity (Wildman–Crippen MR) is 209 cm³/mol. The number of rotatable bonds is 14. The molecular formula is C36H42ClNO14S4. The number of benzene rings is 5. The van der Waals surface area contributed by atoms with Crippen LogP contribution in [0.25, 0.3) is 0 Å².